The zero-order chi connectivity index (χ0) is 32.6. The minimum Gasteiger partial charge on any atom is -0.466 e. The van der Waals surface area contributed by atoms with Crippen LogP contribution in [0.2, 0.25) is 0 Å². The van der Waals surface area contributed by atoms with Crippen molar-refractivity contribution in [1.29, 1.82) is 0 Å². The maximum absolute atomic E-state index is 13.5. The predicted molar refractivity (Wildman–Crippen MR) is 160 cm³/mol. The Morgan fingerprint density at radius 3 is 1.81 bits per heavy atom. The first-order valence-corrected chi connectivity index (χ1v) is 15.2. The Balaban J connectivity index is 5.64. The topological polar surface area (TPSA) is 172 Å². The van der Waals surface area contributed by atoms with Crippen molar-refractivity contribution in [2.45, 2.75) is 131 Å². The van der Waals surface area contributed by atoms with E-state index in [-0.39, 0.29) is 43.7 Å². The van der Waals surface area contributed by atoms with Gasteiger partial charge in [-0.1, -0.05) is 54.4 Å². The molecule has 0 rings (SSSR count). The van der Waals surface area contributed by atoms with Crippen molar-refractivity contribution >= 4 is 29.8 Å². The molecule has 0 radical (unpaired) electrons. The van der Waals surface area contributed by atoms with Crippen molar-refractivity contribution in [2.75, 3.05) is 13.2 Å². The van der Waals surface area contributed by atoms with Gasteiger partial charge in [-0.2, -0.15) is 0 Å². The van der Waals surface area contributed by atoms with Gasteiger partial charge >= 0.3 is 12.1 Å². The van der Waals surface area contributed by atoms with Crippen LogP contribution in [-0.2, 0) is 28.7 Å². The molecule has 0 heterocycles. The van der Waals surface area contributed by atoms with E-state index in [2.05, 4.69) is 21.3 Å². The van der Waals surface area contributed by atoms with E-state index < -0.39 is 59.6 Å². The Morgan fingerprint density at radius 2 is 1.33 bits per heavy atom. The largest absolute Gasteiger partial charge is 0.466 e. The monoisotopic (exact) mass is 600 g/mol. The SMILES string of the molecule is CCOC(=O)CCNC(=O)CC(O)[C@H](CC(C)C)NC(=O)[C@@H](NC(=O)[C@@H](NC(=O)OC(C)(C)C)C(C)CC)C(C)CC. The van der Waals surface area contributed by atoms with Gasteiger partial charge in [0.15, 0.2) is 0 Å². The Morgan fingerprint density at radius 1 is 0.810 bits per heavy atom. The van der Waals surface area contributed by atoms with Crippen molar-refractivity contribution in [1.82, 2.24) is 21.3 Å². The van der Waals surface area contributed by atoms with Crippen LogP contribution in [0.25, 0.3) is 0 Å². The molecule has 3 unspecified atom stereocenters. The number of esters is 1. The second kappa shape index (κ2) is 19.3. The molecule has 0 aromatic heterocycles. The fraction of sp³-hybridized carbons (Fsp3) is 0.833. The highest BCUT2D eigenvalue weighted by molar-refractivity contribution is 5.91. The summed E-state index contributed by atoms with van der Waals surface area (Å²) >= 11 is 0. The summed E-state index contributed by atoms with van der Waals surface area (Å²) in [5.74, 6) is -2.33. The van der Waals surface area contributed by atoms with Gasteiger partial charge in [0.25, 0.3) is 0 Å². The fourth-order valence-corrected chi connectivity index (χ4v) is 4.12. The van der Waals surface area contributed by atoms with Crippen LogP contribution in [0.4, 0.5) is 4.79 Å². The van der Waals surface area contributed by atoms with Crippen LogP contribution in [-0.4, -0.2) is 77.9 Å². The van der Waals surface area contributed by atoms with E-state index in [1.54, 1.807) is 27.7 Å². The molecular formula is C30H56N4O8. The Bertz CT molecular complexity index is 874. The third kappa shape index (κ3) is 15.9. The number of aliphatic hydroxyl groups is 1. The minimum absolute atomic E-state index is 0.0124. The molecular weight excluding hydrogens is 544 g/mol. The minimum atomic E-state index is -1.20. The number of hydrogen-bond acceptors (Lipinski definition) is 8. The van der Waals surface area contributed by atoms with Crippen LogP contribution in [0.3, 0.4) is 0 Å². The summed E-state index contributed by atoms with van der Waals surface area (Å²) in [7, 11) is 0. The first-order chi connectivity index (χ1) is 19.4. The van der Waals surface area contributed by atoms with Gasteiger partial charge in [0, 0.05) is 6.54 Å². The lowest BCUT2D eigenvalue weighted by Gasteiger charge is -2.32. The van der Waals surface area contributed by atoms with Crippen LogP contribution in [0.1, 0.15) is 101 Å². The molecule has 0 saturated heterocycles. The van der Waals surface area contributed by atoms with Gasteiger partial charge in [-0.25, -0.2) is 4.79 Å². The highest BCUT2D eigenvalue weighted by Gasteiger charge is 2.35. The number of ether oxygens (including phenoxy) is 2. The fourth-order valence-electron chi connectivity index (χ4n) is 4.12. The van der Waals surface area contributed by atoms with Crippen LogP contribution in [0.5, 0.6) is 0 Å². The number of aliphatic hydroxyl groups excluding tert-OH is 1. The molecule has 6 atom stereocenters. The van der Waals surface area contributed by atoms with Crippen LogP contribution >= 0.6 is 0 Å². The van der Waals surface area contributed by atoms with Gasteiger partial charge in [-0.3, -0.25) is 19.2 Å². The lowest BCUT2D eigenvalue weighted by molar-refractivity contribution is -0.143. The first kappa shape index (κ1) is 39.1. The maximum atomic E-state index is 13.5. The maximum Gasteiger partial charge on any atom is 0.408 e. The second-order valence-corrected chi connectivity index (χ2v) is 12.3. The number of hydrogen-bond donors (Lipinski definition) is 5. The van der Waals surface area contributed by atoms with E-state index in [9.17, 15) is 29.1 Å². The molecule has 4 amide bonds. The zero-order valence-corrected chi connectivity index (χ0v) is 27.3. The Kier molecular flexibility index (Phi) is 18.0. The van der Waals surface area contributed by atoms with Crippen molar-refractivity contribution in [3.8, 4) is 0 Å². The normalized spacial score (nSPS) is 15.8. The number of alkyl carbamates (subject to hydrolysis) is 1. The van der Waals surface area contributed by atoms with Gasteiger partial charge in [0.05, 0.1) is 31.6 Å². The average molecular weight is 601 g/mol. The standard InChI is InChI=1S/C30H56N4O8/c1-11-19(6)25(33-28(39)26(20(7)12-2)34-29(40)42-30(8,9)10)27(38)32-21(16-18(4)5)22(35)17-23(36)31-15-14-24(37)41-13-3/h18-22,25-26,35H,11-17H2,1-10H3,(H,31,36)(H,32,38)(H,33,39)(H,34,40)/t19?,20?,21-,22?,25-,26-/m0/s1. The summed E-state index contributed by atoms with van der Waals surface area (Å²) in [6.07, 6.45) is -0.637. The highest BCUT2D eigenvalue weighted by Crippen LogP contribution is 2.16. The molecule has 12 heteroatoms. The average Bonchev–Trinajstić information content (AvgIpc) is 2.87. The van der Waals surface area contributed by atoms with E-state index in [1.807, 2.05) is 41.5 Å². The smallest absolute Gasteiger partial charge is 0.408 e. The molecule has 0 aliphatic carbocycles. The van der Waals surface area contributed by atoms with E-state index in [0.29, 0.717) is 19.3 Å². The molecule has 0 saturated carbocycles. The van der Waals surface area contributed by atoms with E-state index in [1.165, 1.54) is 0 Å². The highest BCUT2D eigenvalue weighted by atomic mass is 16.6. The summed E-state index contributed by atoms with van der Waals surface area (Å²) in [6, 6.07) is -2.64. The molecule has 0 spiro atoms. The van der Waals surface area contributed by atoms with Gasteiger partial charge in [0.1, 0.15) is 17.7 Å². The number of rotatable bonds is 18. The Hall–Kier alpha value is -2.89. The van der Waals surface area contributed by atoms with Crippen LogP contribution < -0.4 is 21.3 Å². The summed E-state index contributed by atoms with van der Waals surface area (Å²) < 4.78 is 10.2. The third-order valence-electron chi connectivity index (χ3n) is 6.83. The van der Waals surface area contributed by atoms with Crippen LogP contribution in [0.15, 0.2) is 0 Å². The quantitative estimate of drug-likeness (QED) is 0.149. The lowest BCUT2D eigenvalue weighted by atomic mass is 9.93. The van der Waals surface area contributed by atoms with Gasteiger partial charge in [-0.15, -0.1) is 0 Å². The molecule has 12 nitrogen and oxygen atoms in total. The molecule has 244 valence electrons. The van der Waals surface area contributed by atoms with Gasteiger partial charge < -0.3 is 35.8 Å². The molecule has 0 fully saturated rings. The number of nitrogens with one attached hydrogen (secondary N) is 4. The predicted octanol–water partition coefficient (Wildman–Crippen LogP) is 2.81. The molecule has 0 aliphatic rings. The number of carbonyl (C=O) groups is 5. The van der Waals surface area contributed by atoms with Gasteiger partial charge in [0.2, 0.25) is 17.7 Å². The van der Waals surface area contributed by atoms with Crippen LogP contribution in [0, 0.1) is 17.8 Å². The van der Waals surface area contributed by atoms with Crippen molar-refractivity contribution in [3.63, 3.8) is 0 Å². The summed E-state index contributed by atoms with van der Waals surface area (Å²) in [5.41, 5.74) is -0.746. The van der Waals surface area contributed by atoms with Crippen molar-refractivity contribution < 1.29 is 38.6 Å². The Labute approximate surface area is 251 Å². The summed E-state index contributed by atoms with van der Waals surface area (Å²) in [6.45, 7) is 18.5. The molecule has 42 heavy (non-hydrogen) atoms. The van der Waals surface area contributed by atoms with Crippen molar-refractivity contribution in [3.05, 3.63) is 0 Å². The molecule has 5 N–H and O–H groups in total. The summed E-state index contributed by atoms with van der Waals surface area (Å²) in [4.78, 5) is 63.3. The van der Waals surface area contributed by atoms with E-state index >= 15 is 0 Å². The number of amides is 4. The molecule has 0 bridgehead atoms. The lowest BCUT2D eigenvalue weighted by Crippen LogP contribution is -2.59. The molecule has 0 aromatic carbocycles. The third-order valence-corrected chi connectivity index (χ3v) is 6.83. The van der Waals surface area contributed by atoms with Gasteiger partial charge in [-0.05, 0) is 51.9 Å². The zero-order valence-electron chi connectivity index (χ0n) is 27.3. The first-order valence-electron chi connectivity index (χ1n) is 15.2. The van der Waals surface area contributed by atoms with E-state index in [4.69, 9.17) is 9.47 Å². The molecule has 0 aromatic rings. The second-order valence-electron chi connectivity index (χ2n) is 12.3. The van der Waals surface area contributed by atoms with E-state index in [0.717, 1.165) is 0 Å². The number of carbonyl (C=O) groups excluding carboxylic acids is 5. The summed E-state index contributed by atoms with van der Waals surface area (Å²) in [5, 5.41) is 21.8. The molecule has 0 aliphatic heterocycles. The van der Waals surface area contributed by atoms with Crippen molar-refractivity contribution in [2.24, 2.45) is 17.8 Å².